The maximum absolute atomic E-state index is 12.4. The van der Waals surface area contributed by atoms with Crippen molar-refractivity contribution >= 4 is 149 Å². The van der Waals surface area contributed by atoms with Crippen molar-refractivity contribution in [3.63, 3.8) is 0 Å². The van der Waals surface area contributed by atoms with Crippen molar-refractivity contribution in [1.29, 1.82) is 0 Å². The molecule has 0 unspecified atom stereocenters. The van der Waals surface area contributed by atoms with Gasteiger partial charge in [0.1, 0.15) is 0 Å². The molecule has 0 radical (unpaired) electrons. The summed E-state index contributed by atoms with van der Waals surface area (Å²) in [5, 5.41) is 30.7. The molecule has 0 bridgehead atoms. The maximum Gasteiger partial charge on any atom is 1.00 e. The minimum absolute atomic E-state index is 0. The van der Waals surface area contributed by atoms with E-state index in [-0.39, 0.29) is 155 Å². The summed E-state index contributed by atoms with van der Waals surface area (Å²) in [6.07, 6.45) is 5.39. The predicted molar refractivity (Wildman–Crippen MR) is 298 cm³/mol. The number of aromatic amines is 1. The number of fused-ring (bicyclic) bond motifs is 4. The van der Waals surface area contributed by atoms with E-state index in [0.717, 1.165) is 60.4 Å². The van der Waals surface area contributed by atoms with Crippen LogP contribution >= 0.6 is 58.0 Å². The molecule has 0 saturated heterocycles. The first-order chi connectivity index (χ1) is 39.3. The minimum Gasteiger partial charge on any atom is -1.00 e. The van der Waals surface area contributed by atoms with Crippen molar-refractivity contribution in [2.45, 2.75) is 39.7 Å². The standard InChI is InChI=1S/C21H14Cl2N6O2.C15H14ClN3O4.C11H10ClN3O.C4H5ClO3.CH2O3.2K.H/c22-13-2-4-17-15(8-13)18(27-26-17)10-25-20(30)21-29-28-19(31-21)6-11-1-3-16-12(5-11)7-14(23)9-24-16;1-2-23-15(22)14(21)19-18-13(20)6-9-3-4-12-10(5-9)7-11(16)8-17-12;12-9-5-8-3-7(4-11(16)15-13)1-2-10(8)14-6-9;1-2-8-4(7)3(5)6;2-1-4-3;;;/h1-5,7-9H,6,10H2,(H,25,30)(H,26,27);3-5,7-8H,2,6H2,1H3,(H,18,20)(H,19,21);1-3,5-6H,4,13H2,(H,15,16);2H2,1H3;1,3H;;;/q;;;;;2*+1;-1/p-1. The van der Waals surface area contributed by atoms with Gasteiger partial charge in [0.15, 0.2) is 0 Å². The van der Waals surface area contributed by atoms with Gasteiger partial charge in [0.25, 0.3) is 6.47 Å². The largest absolute Gasteiger partial charge is 1.00 e. The van der Waals surface area contributed by atoms with Crippen LogP contribution in [0.3, 0.4) is 0 Å². The summed E-state index contributed by atoms with van der Waals surface area (Å²) >= 11 is 28.5. The average molecular weight is 1300 g/mol. The number of nitrogens with one attached hydrogen (secondary N) is 5. The fourth-order valence-electron chi connectivity index (χ4n) is 6.83. The van der Waals surface area contributed by atoms with Gasteiger partial charge in [-0.2, -0.15) is 5.10 Å². The Hall–Kier alpha value is -5.68. The smallest absolute Gasteiger partial charge is 1.00 e. The molecule has 25 nitrogen and oxygen atoms in total. The molecular formula is C52H45Cl5K2N12O13. The second kappa shape index (κ2) is 37.7. The van der Waals surface area contributed by atoms with Gasteiger partial charge in [-0.25, -0.2) is 15.4 Å². The van der Waals surface area contributed by atoms with Crippen LogP contribution in [0.15, 0.2) is 114 Å². The van der Waals surface area contributed by atoms with Crippen LogP contribution in [0.25, 0.3) is 43.6 Å². The van der Waals surface area contributed by atoms with E-state index >= 15 is 0 Å². The molecule has 0 atom stereocenters. The van der Waals surface area contributed by atoms with Gasteiger partial charge >= 0.3 is 138 Å². The van der Waals surface area contributed by atoms with Gasteiger partial charge in [-0.1, -0.05) is 64.6 Å². The van der Waals surface area contributed by atoms with E-state index in [1.165, 1.54) is 0 Å². The van der Waals surface area contributed by atoms with Gasteiger partial charge in [0.05, 0.1) is 81.8 Å². The van der Waals surface area contributed by atoms with E-state index in [1.807, 2.05) is 54.0 Å². The topological polar surface area (TPSA) is 368 Å². The third kappa shape index (κ3) is 24.0. The van der Waals surface area contributed by atoms with Crippen LogP contribution in [0.4, 0.5) is 0 Å². The number of pyridine rings is 3. The van der Waals surface area contributed by atoms with Crippen LogP contribution in [0.2, 0.25) is 20.1 Å². The minimum atomic E-state index is -1.08. The molecule has 0 fully saturated rings. The normalized spacial score (nSPS) is 9.96. The van der Waals surface area contributed by atoms with Gasteiger partial charge in [-0.3, -0.25) is 65.1 Å². The molecule has 84 heavy (non-hydrogen) atoms. The van der Waals surface area contributed by atoms with Crippen LogP contribution in [0, 0.1) is 0 Å². The second-order valence-corrected chi connectivity index (χ2v) is 18.2. The zero-order valence-corrected chi connectivity index (χ0v) is 54.7. The van der Waals surface area contributed by atoms with Gasteiger partial charge in [-0.15, -0.1) is 10.2 Å². The molecule has 5 aromatic heterocycles. The number of nitrogens with zero attached hydrogens (tertiary/aromatic N) is 6. The van der Waals surface area contributed by atoms with Crippen molar-refractivity contribution in [2.75, 3.05) is 13.2 Å². The van der Waals surface area contributed by atoms with Gasteiger partial charge < -0.3 is 30.8 Å². The number of hydrogen-bond acceptors (Lipinski definition) is 20. The van der Waals surface area contributed by atoms with E-state index in [9.17, 15) is 33.6 Å². The van der Waals surface area contributed by atoms with Gasteiger partial charge in [-0.05, 0) is 115 Å². The van der Waals surface area contributed by atoms with E-state index in [1.54, 1.807) is 74.9 Å². The number of ether oxygens (including phenoxy) is 2. The Kier molecular flexibility index (Phi) is 32.6. The first-order valence-corrected chi connectivity index (χ1v) is 25.4. The SMILES string of the molecule is CCOC(=O)C(=O)Cl.CCOC(=O)C(=O)NNC(=O)Cc1ccc2ncc(Cl)cc2c1.NNC(=O)Cc1ccc2ncc(Cl)cc2c1.O=C(NCc1[nH]nc2ccc(Cl)cc12)c1nnc(Cc2ccc3ncc(Cl)cc3c2)o1.O=CO[O-].[H-].[K+].[K+]. The zero-order valence-electron chi connectivity index (χ0n) is 45.7. The predicted octanol–water partition coefficient (Wildman–Crippen LogP) is -0.246. The van der Waals surface area contributed by atoms with E-state index in [4.69, 9.17) is 78.3 Å². The summed E-state index contributed by atoms with van der Waals surface area (Å²) in [6.45, 7) is 3.46. The van der Waals surface area contributed by atoms with Crippen LogP contribution in [0.1, 0.15) is 54.2 Å². The summed E-state index contributed by atoms with van der Waals surface area (Å²) in [4.78, 5) is 101. The molecule has 0 aliphatic heterocycles. The Labute approximate surface area is 587 Å². The molecule has 0 aliphatic carbocycles. The number of esters is 2. The number of nitrogens with two attached hydrogens (primary N) is 1. The second-order valence-electron chi connectivity index (χ2n) is 16.1. The van der Waals surface area contributed by atoms with Crippen LogP contribution in [-0.4, -0.2) is 95.8 Å². The number of aromatic nitrogens is 7. The Morgan fingerprint density at radius 1 is 0.655 bits per heavy atom. The Bertz CT molecular complexity index is 3780. The Morgan fingerprint density at radius 3 is 1.63 bits per heavy atom. The third-order valence-electron chi connectivity index (χ3n) is 10.3. The molecule has 4 amide bonds. The first-order valence-electron chi connectivity index (χ1n) is 23.5. The molecule has 0 aliphatic rings. The Morgan fingerprint density at radius 2 is 1.14 bits per heavy atom. The summed E-state index contributed by atoms with van der Waals surface area (Å²) in [7, 11) is 0. The van der Waals surface area contributed by atoms with Crippen molar-refractivity contribution in [3.8, 4) is 0 Å². The number of benzene rings is 4. The summed E-state index contributed by atoms with van der Waals surface area (Å²) in [6, 6.07) is 27.4. The number of rotatable bonds is 13. The average Bonchev–Trinajstić information content (AvgIpc) is 4.34. The van der Waals surface area contributed by atoms with Crippen LogP contribution in [0.5, 0.6) is 0 Å². The van der Waals surface area contributed by atoms with Crippen LogP contribution in [-0.2, 0) is 73.7 Å². The van der Waals surface area contributed by atoms with Crippen molar-refractivity contribution < 1.29 is 167 Å². The fourth-order valence-corrected chi connectivity index (χ4v) is 7.55. The van der Waals surface area contributed by atoms with E-state index in [0.29, 0.717) is 38.0 Å². The molecule has 0 saturated carbocycles. The van der Waals surface area contributed by atoms with Gasteiger partial charge in [0.2, 0.25) is 17.7 Å². The summed E-state index contributed by atoms with van der Waals surface area (Å²) in [5.74, 6) is 0.989. The van der Waals surface area contributed by atoms with E-state index in [2.05, 4.69) is 65.9 Å². The number of carbonyl (C=O) groups is 8. The third-order valence-corrected chi connectivity index (χ3v) is 11.3. The monoisotopic (exact) mass is 1300 g/mol. The number of halogens is 5. The number of carbonyl (C=O) groups excluding carboxylic acids is 8. The quantitative estimate of drug-likeness (QED) is 0.00998. The fraction of sp³-hybridized carbons (Fsp3) is 0.154. The molecule has 428 valence electrons. The molecule has 0 spiro atoms. The number of H-pyrrole nitrogens is 1. The molecule has 9 rings (SSSR count). The molecule has 5 heterocycles. The zero-order chi connectivity index (χ0) is 59.7. The maximum atomic E-state index is 12.4. The van der Waals surface area contributed by atoms with Crippen molar-refractivity contribution in [1.82, 2.24) is 56.9 Å². The summed E-state index contributed by atoms with van der Waals surface area (Å²) in [5.41, 5.74) is 12.7. The number of hydrogen-bond donors (Lipinski definition) is 6. The molecule has 9 aromatic rings. The van der Waals surface area contributed by atoms with E-state index < -0.39 is 34.9 Å². The summed E-state index contributed by atoms with van der Waals surface area (Å²) < 4.78 is 14.2. The Balaban J connectivity index is 0.000000404. The van der Waals surface area contributed by atoms with Gasteiger partial charge in [0, 0.05) is 45.2 Å². The number of hydrazine groups is 2. The van der Waals surface area contributed by atoms with Crippen molar-refractivity contribution in [3.05, 3.63) is 164 Å². The molecule has 4 aromatic carbocycles. The molecule has 32 heteroatoms. The molecule has 7 N–H and O–H groups in total. The first kappa shape index (κ1) is 72.6. The van der Waals surface area contributed by atoms with Crippen LogP contribution < -0.4 is 135 Å². The van der Waals surface area contributed by atoms with Crippen molar-refractivity contribution in [2.24, 2.45) is 5.84 Å². The molecular weight excluding hydrogens is 1260 g/mol. The number of amides is 4.